The zero-order valence-electron chi connectivity index (χ0n) is 14.3. The lowest BCUT2D eigenvalue weighted by molar-refractivity contribution is -0.188. The fourth-order valence-corrected chi connectivity index (χ4v) is 3.41. The summed E-state index contributed by atoms with van der Waals surface area (Å²) in [6.07, 6.45) is -1.97. The summed E-state index contributed by atoms with van der Waals surface area (Å²) in [5.41, 5.74) is 1.34. The van der Waals surface area contributed by atoms with E-state index < -0.39 is 12.1 Å². The number of nitriles is 1. The van der Waals surface area contributed by atoms with Gasteiger partial charge in [0.15, 0.2) is 0 Å². The molecule has 0 spiro atoms. The monoisotopic (exact) mass is 364 g/mol. The SMILES string of the molecule is Cc1cn(CN2CCC[C@@H](C(F)(F)F)C2)c(=O)n1-c1cccc(C#N)c1. The van der Waals surface area contributed by atoms with E-state index in [1.54, 1.807) is 42.3 Å². The van der Waals surface area contributed by atoms with E-state index in [-0.39, 0.29) is 25.3 Å². The largest absolute Gasteiger partial charge is 0.393 e. The van der Waals surface area contributed by atoms with Gasteiger partial charge in [-0.25, -0.2) is 4.79 Å². The summed E-state index contributed by atoms with van der Waals surface area (Å²) in [7, 11) is 0. The van der Waals surface area contributed by atoms with Crippen LogP contribution in [0.1, 0.15) is 24.1 Å². The van der Waals surface area contributed by atoms with Crippen LogP contribution in [0.5, 0.6) is 0 Å². The predicted octanol–water partition coefficient (Wildman–Crippen LogP) is 3.05. The van der Waals surface area contributed by atoms with Gasteiger partial charge in [0.25, 0.3) is 0 Å². The fraction of sp³-hybridized carbons (Fsp3) is 0.444. The van der Waals surface area contributed by atoms with Crippen molar-refractivity contribution in [1.29, 1.82) is 5.26 Å². The van der Waals surface area contributed by atoms with Crippen molar-refractivity contribution in [3.8, 4) is 11.8 Å². The summed E-state index contributed by atoms with van der Waals surface area (Å²) >= 11 is 0. The van der Waals surface area contributed by atoms with Gasteiger partial charge >= 0.3 is 11.9 Å². The van der Waals surface area contributed by atoms with Gasteiger partial charge in [-0.3, -0.25) is 14.0 Å². The summed E-state index contributed by atoms with van der Waals surface area (Å²) < 4.78 is 41.8. The van der Waals surface area contributed by atoms with Gasteiger partial charge in [0.05, 0.1) is 29.9 Å². The second-order valence-electron chi connectivity index (χ2n) is 6.62. The molecule has 0 unspecified atom stereocenters. The molecule has 1 aliphatic heterocycles. The van der Waals surface area contributed by atoms with E-state index in [0.29, 0.717) is 29.9 Å². The van der Waals surface area contributed by atoms with Crippen molar-refractivity contribution in [1.82, 2.24) is 14.0 Å². The number of aromatic nitrogens is 2. The van der Waals surface area contributed by atoms with E-state index in [1.165, 1.54) is 9.13 Å². The van der Waals surface area contributed by atoms with E-state index in [4.69, 9.17) is 5.26 Å². The number of piperidine rings is 1. The molecule has 5 nitrogen and oxygen atoms in total. The first-order valence-electron chi connectivity index (χ1n) is 8.38. The van der Waals surface area contributed by atoms with Crippen LogP contribution in [0.15, 0.2) is 35.3 Å². The lowest BCUT2D eigenvalue weighted by atomic mass is 9.98. The molecule has 26 heavy (non-hydrogen) atoms. The van der Waals surface area contributed by atoms with Gasteiger partial charge in [0.2, 0.25) is 0 Å². The Morgan fingerprint density at radius 2 is 2.12 bits per heavy atom. The van der Waals surface area contributed by atoms with Crippen LogP contribution in [0.3, 0.4) is 0 Å². The minimum atomic E-state index is -4.21. The minimum absolute atomic E-state index is 0.0932. The molecule has 1 fully saturated rings. The summed E-state index contributed by atoms with van der Waals surface area (Å²) in [5.74, 6) is -1.34. The van der Waals surface area contributed by atoms with Crippen LogP contribution >= 0.6 is 0 Å². The normalized spacial score (nSPS) is 18.7. The van der Waals surface area contributed by atoms with Crippen LogP contribution < -0.4 is 5.69 Å². The average molecular weight is 364 g/mol. The smallest absolute Gasteiger partial charge is 0.285 e. The Bertz CT molecular complexity index is 891. The van der Waals surface area contributed by atoms with E-state index >= 15 is 0 Å². The van der Waals surface area contributed by atoms with Crippen molar-refractivity contribution in [2.24, 2.45) is 5.92 Å². The van der Waals surface area contributed by atoms with E-state index in [9.17, 15) is 18.0 Å². The first-order chi connectivity index (χ1) is 12.3. The van der Waals surface area contributed by atoms with Crippen LogP contribution in [0.2, 0.25) is 0 Å². The number of benzene rings is 1. The second kappa shape index (κ2) is 7.00. The summed E-state index contributed by atoms with van der Waals surface area (Å²) in [6.45, 7) is 2.32. The van der Waals surface area contributed by atoms with Gasteiger partial charge < -0.3 is 0 Å². The highest BCUT2D eigenvalue weighted by atomic mass is 19.4. The maximum absolute atomic E-state index is 13.0. The van der Waals surface area contributed by atoms with Crippen molar-refractivity contribution < 1.29 is 13.2 Å². The third-order valence-electron chi connectivity index (χ3n) is 4.69. The maximum atomic E-state index is 13.0. The number of hydrogen-bond donors (Lipinski definition) is 0. The molecule has 1 aliphatic rings. The van der Waals surface area contributed by atoms with Crippen LogP contribution in [0.4, 0.5) is 13.2 Å². The molecule has 2 aromatic rings. The fourth-order valence-electron chi connectivity index (χ4n) is 3.41. The maximum Gasteiger partial charge on any atom is 0.393 e. The molecule has 0 N–H and O–H groups in total. The van der Waals surface area contributed by atoms with Gasteiger partial charge in [-0.05, 0) is 44.5 Å². The zero-order chi connectivity index (χ0) is 18.9. The Morgan fingerprint density at radius 3 is 2.81 bits per heavy atom. The van der Waals surface area contributed by atoms with Crippen molar-refractivity contribution in [3.05, 3.63) is 52.2 Å². The van der Waals surface area contributed by atoms with Crippen molar-refractivity contribution in [2.45, 2.75) is 32.6 Å². The molecule has 0 bridgehead atoms. The van der Waals surface area contributed by atoms with Crippen LogP contribution in [-0.2, 0) is 6.67 Å². The number of hydrogen-bond acceptors (Lipinski definition) is 3. The topological polar surface area (TPSA) is 54.0 Å². The van der Waals surface area contributed by atoms with Crippen LogP contribution in [0, 0.1) is 24.2 Å². The van der Waals surface area contributed by atoms with E-state index in [0.717, 1.165) is 0 Å². The number of rotatable bonds is 3. The van der Waals surface area contributed by atoms with Crippen LogP contribution in [0.25, 0.3) is 5.69 Å². The average Bonchev–Trinajstić information content (AvgIpc) is 2.88. The summed E-state index contributed by atoms with van der Waals surface area (Å²) in [5, 5.41) is 9.02. The number of imidazole rings is 1. The minimum Gasteiger partial charge on any atom is -0.285 e. The Kier molecular flexibility index (Phi) is 4.92. The molecule has 0 radical (unpaired) electrons. The van der Waals surface area contributed by atoms with Gasteiger partial charge in [-0.1, -0.05) is 6.07 Å². The molecule has 0 aliphatic carbocycles. The highest BCUT2D eigenvalue weighted by Crippen LogP contribution is 2.33. The molecule has 0 saturated carbocycles. The Balaban J connectivity index is 1.84. The highest BCUT2D eigenvalue weighted by Gasteiger charge is 2.41. The van der Waals surface area contributed by atoms with Gasteiger partial charge in [-0.2, -0.15) is 18.4 Å². The standard InChI is InChI=1S/C18H19F3N4O/c1-13-10-24(12-23-7-3-5-15(11-23)18(19,20)21)17(26)25(13)16-6-2-4-14(8-16)9-22/h2,4,6,8,10,15H,3,5,7,11-12H2,1H3/t15-/m1/s1. The Labute approximate surface area is 148 Å². The lowest BCUT2D eigenvalue weighted by Crippen LogP contribution is -2.43. The molecule has 2 heterocycles. The Hall–Kier alpha value is -2.53. The van der Waals surface area contributed by atoms with E-state index in [1.807, 2.05) is 6.07 Å². The molecule has 1 aromatic heterocycles. The third-order valence-corrected chi connectivity index (χ3v) is 4.69. The number of likely N-dealkylation sites (tertiary alicyclic amines) is 1. The molecule has 0 amide bonds. The second-order valence-corrected chi connectivity index (χ2v) is 6.62. The Morgan fingerprint density at radius 1 is 1.35 bits per heavy atom. The van der Waals surface area contributed by atoms with Gasteiger partial charge in [-0.15, -0.1) is 0 Å². The molecule has 1 saturated heterocycles. The summed E-state index contributed by atoms with van der Waals surface area (Å²) in [6, 6.07) is 8.70. The predicted molar refractivity (Wildman–Crippen MR) is 89.8 cm³/mol. The van der Waals surface area contributed by atoms with Crippen LogP contribution in [-0.4, -0.2) is 33.3 Å². The van der Waals surface area contributed by atoms with Crippen molar-refractivity contribution in [2.75, 3.05) is 13.1 Å². The first kappa shape index (κ1) is 18.3. The zero-order valence-corrected chi connectivity index (χ0v) is 14.3. The summed E-state index contributed by atoms with van der Waals surface area (Å²) in [4.78, 5) is 14.4. The third kappa shape index (κ3) is 3.68. The molecule has 8 heteroatoms. The molecule has 1 atom stereocenters. The van der Waals surface area contributed by atoms with Crippen molar-refractivity contribution >= 4 is 0 Å². The van der Waals surface area contributed by atoms with Gasteiger partial charge in [0, 0.05) is 18.4 Å². The highest BCUT2D eigenvalue weighted by molar-refractivity contribution is 5.42. The molecule has 1 aromatic carbocycles. The quantitative estimate of drug-likeness (QED) is 0.841. The van der Waals surface area contributed by atoms with E-state index in [2.05, 4.69) is 0 Å². The molecular formula is C18H19F3N4O. The number of aryl methyl sites for hydroxylation is 1. The number of alkyl halides is 3. The first-order valence-corrected chi connectivity index (χ1v) is 8.38. The number of nitrogens with zero attached hydrogens (tertiary/aromatic N) is 4. The molecule has 138 valence electrons. The lowest BCUT2D eigenvalue weighted by Gasteiger charge is -2.33. The number of halogens is 3. The molecular weight excluding hydrogens is 345 g/mol. The van der Waals surface area contributed by atoms with Crippen molar-refractivity contribution in [3.63, 3.8) is 0 Å². The molecule has 3 rings (SSSR count). The van der Waals surface area contributed by atoms with Gasteiger partial charge in [0.1, 0.15) is 0 Å².